The van der Waals surface area contributed by atoms with Gasteiger partial charge in [0.15, 0.2) is 6.10 Å². The van der Waals surface area contributed by atoms with Crippen molar-refractivity contribution in [2.75, 3.05) is 18.9 Å². The third-order valence-electron chi connectivity index (χ3n) is 12.2. The second-order valence-corrected chi connectivity index (χ2v) is 17.1. The summed E-state index contributed by atoms with van der Waals surface area (Å²) in [6.07, 6.45) is 7.24. The second-order valence-electron chi connectivity index (χ2n) is 17.1. The van der Waals surface area contributed by atoms with Crippen LogP contribution < -0.4 is 27.2 Å². The molecular weight excluding hydrogens is 942 g/mol. The van der Waals surface area contributed by atoms with Gasteiger partial charge in [-0.15, -0.1) is 0 Å². The number of primary amides is 1. The number of ether oxygens (including phenoxy) is 2. The molecule has 0 fully saturated rings. The van der Waals surface area contributed by atoms with Crippen molar-refractivity contribution in [3.05, 3.63) is 103 Å². The second kappa shape index (κ2) is 30.6. The highest BCUT2D eigenvalue weighted by atomic mass is 19.1. The lowest BCUT2D eigenvalue weighted by molar-refractivity contribution is -0.157. The number of halogens is 1. The van der Waals surface area contributed by atoms with Crippen molar-refractivity contribution >= 4 is 59.7 Å². The fraction of sp³-hybridized carbons (Fsp3) is 0.463. The smallest absolute Gasteiger partial charge is 0.404 e. The van der Waals surface area contributed by atoms with Gasteiger partial charge in [-0.3, -0.25) is 24.5 Å². The van der Waals surface area contributed by atoms with E-state index in [1.54, 1.807) is 66.8 Å². The number of nitrogens with one attached hydrogen (secondary N) is 3. The number of amides is 6. The zero-order valence-electron chi connectivity index (χ0n) is 44.2. The van der Waals surface area contributed by atoms with Crippen LogP contribution in [-0.4, -0.2) is 82.3 Å². The molecular formula is C54H74FN7O11. The van der Waals surface area contributed by atoms with Crippen molar-refractivity contribution in [1.82, 2.24) is 25.1 Å². The summed E-state index contributed by atoms with van der Waals surface area (Å²) in [7, 11) is 1.80. The highest BCUT2D eigenvalue weighted by Gasteiger charge is 2.35. The summed E-state index contributed by atoms with van der Waals surface area (Å²) < 4.78 is 25.7. The Morgan fingerprint density at radius 2 is 1.67 bits per heavy atom. The van der Waals surface area contributed by atoms with Crippen LogP contribution in [-0.2, 0) is 66.0 Å². The molecule has 2 aliphatic heterocycles. The molecule has 2 aromatic carbocycles. The first-order valence-corrected chi connectivity index (χ1v) is 24.6. The van der Waals surface area contributed by atoms with Crippen molar-refractivity contribution < 1.29 is 52.5 Å². The molecule has 0 radical (unpaired) electrons. The van der Waals surface area contributed by atoms with Gasteiger partial charge in [0.05, 0.1) is 29.0 Å². The SMILES string of the molecule is C/C=C\C(=O)N(C)CCCCCC(=O)NC(C)C(C)C.C=O.CC.CC.Cc1c(F)cc2nc3c(c4c2c1CCC4)Cn1c-3cc2c(c1=O)COC(=O)C2O.Cc1cc(NC(=O)NC=O)ccc1COC(N)=O. The molecule has 73 heavy (non-hydrogen) atoms. The summed E-state index contributed by atoms with van der Waals surface area (Å²) in [6, 6.07) is 7.73. The summed E-state index contributed by atoms with van der Waals surface area (Å²) in [6.45, 7) is 22.7. The normalized spacial score (nSPS) is 13.6. The molecule has 6 N–H and O–H groups in total. The Balaban J connectivity index is 0.000000370. The third-order valence-corrected chi connectivity index (χ3v) is 12.2. The number of likely N-dealkylation sites (N-methyl/N-ethyl adjacent to an activating group) is 1. The molecule has 3 aliphatic rings. The van der Waals surface area contributed by atoms with Crippen LogP contribution in [0.4, 0.5) is 19.7 Å². The Bertz CT molecular complexity index is 2670. The molecule has 4 heterocycles. The number of imide groups is 1. The predicted octanol–water partition coefficient (Wildman–Crippen LogP) is 7.93. The number of rotatable bonds is 13. The average molecular weight is 1020 g/mol. The number of nitrogens with zero attached hydrogens (tertiary/aromatic N) is 3. The van der Waals surface area contributed by atoms with Gasteiger partial charge in [0, 0.05) is 54.3 Å². The number of carbonyl (C=O) groups excluding carboxylic acids is 7. The fourth-order valence-corrected chi connectivity index (χ4v) is 8.05. The molecule has 7 rings (SSSR count). The van der Waals surface area contributed by atoms with E-state index in [9.17, 15) is 43.1 Å². The summed E-state index contributed by atoms with van der Waals surface area (Å²) in [5, 5.41) is 18.7. The lowest BCUT2D eigenvalue weighted by Gasteiger charge is -2.22. The quantitative estimate of drug-likeness (QED) is 0.0326. The number of hydrogen-bond donors (Lipinski definition) is 5. The van der Waals surface area contributed by atoms with Crippen LogP contribution in [0.25, 0.3) is 22.3 Å². The van der Waals surface area contributed by atoms with E-state index in [1.165, 1.54) is 6.07 Å². The first-order chi connectivity index (χ1) is 34.9. The molecule has 0 spiro atoms. The molecule has 2 aromatic heterocycles. The number of hydrogen-bond acceptors (Lipinski definition) is 12. The van der Waals surface area contributed by atoms with Crippen molar-refractivity contribution in [3.63, 3.8) is 0 Å². The maximum atomic E-state index is 14.5. The van der Waals surface area contributed by atoms with Gasteiger partial charge >= 0.3 is 18.1 Å². The number of aryl methyl sites for hydroxylation is 3. The highest BCUT2D eigenvalue weighted by Crippen LogP contribution is 2.42. The number of urea groups is 1. The molecule has 19 heteroatoms. The number of nitrogens with two attached hydrogens (primary N) is 1. The van der Waals surface area contributed by atoms with Crippen LogP contribution >= 0.6 is 0 Å². The first-order valence-electron chi connectivity index (χ1n) is 24.6. The van der Waals surface area contributed by atoms with E-state index in [0.717, 1.165) is 78.3 Å². The van der Waals surface area contributed by atoms with E-state index in [0.29, 0.717) is 52.6 Å². The van der Waals surface area contributed by atoms with Gasteiger partial charge in [0.2, 0.25) is 18.2 Å². The number of pyridine rings is 2. The predicted molar refractivity (Wildman–Crippen MR) is 279 cm³/mol. The van der Waals surface area contributed by atoms with E-state index < -0.39 is 24.2 Å². The number of aliphatic hydroxyl groups is 1. The van der Waals surface area contributed by atoms with Crippen molar-refractivity contribution in [2.45, 2.75) is 146 Å². The van der Waals surface area contributed by atoms with Gasteiger partial charge < -0.3 is 45.2 Å². The Kier molecular flexibility index (Phi) is 25.9. The molecule has 1 aliphatic carbocycles. The number of allylic oxidation sites excluding steroid dienone is 1. The Hall–Kier alpha value is -7.28. The lowest BCUT2D eigenvalue weighted by atomic mass is 9.85. The monoisotopic (exact) mass is 1020 g/mol. The lowest BCUT2D eigenvalue weighted by Crippen LogP contribution is -2.35. The maximum Gasteiger partial charge on any atom is 0.404 e. The van der Waals surface area contributed by atoms with E-state index in [1.807, 2.05) is 53.6 Å². The minimum atomic E-state index is -1.48. The average Bonchev–Trinajstić information content (AvgIpc) is 3.75. The topological polar surface area (TPSA) is 258 Å². The van der Waals surface area contributed by atoms with Crippen LogP contribution in [0.1, 0.15) is 138 Å². The molecule has 0 saturated carbocycles. The van der Waals surface area contributed by atoms with E-state index in [4.69, 9.17) is 20.2 Å². The van der Waals surface area contributed by atoms with Crippen LogP contribution in [0, 0.1) is 25.6 Å². The zero-order valence-corrected chi connectivity index (χ0v) is 44.2. The van der Waals surface area contributed by atoms with Gasteiger partial charge in [-0.25, -0.2) is 23.8 Å². The van der Waals surface area contributed by atoms with Crippen molar-refractivity contribution in [3.8, 4) is 11.4 Å². The van der Waals surface area contributed by atoms with E-state index in [-0.39, 0.29) is 54.4 Å². The maximum absolute atomic E-state index is 14.5. The standard InChI is InChI=1S/C22H17FN2O4.C16H30N2O2.C11H13N3O4.2C2H6.CH2O/c1-9-10-3-2-4-11-13-7-25-17(19(13)24-16(18(10)11)6-15(9)23)5-12-14(21(25)27)8-29-22(28)20(12)26;1-6-10-16(20)18(5)12-9-7-8-11-15(19)17-14(4)13(2)3;1-7-4-9(14-11(17)13-6-15)3-2-8(7)5-18-10(12)16;3*1-2/h5-6,20,26H,2-4,7-8H2,1H3;6,10,13-14H,7-9,11-12H2,1-5H3,(H,17,19);2-4,6H,5H2,1H3,(H2,12,16)(H2,13,14,15,17);2*1-2H3;1H2/b;10-6-;;;;. The van der Waals surface area contributed by atoms with Gasteiger partial charge in [0.25, 0.3) is 5.56 Å². The van der Waals surface area contributed by atoms with Gasteiger partial charge in [0.1, 0.15) is 25.8 Å². The Morgan fingerprint density at radius 3 is 2.29 bits per heavy atom. The number of cyclic esters (lactones) is 1. The number of aliphatic hydroxyl groups excluding tert-OH is 1. The number of fused-ring (bicyclic) bond motifs is 5. The van der Waals surface area contributed by atoms with E-state index in [2.05, 4.69) is 29.2 Å². The summed E-state index contributed by atoms with van der Waals surface area (Å²) in [5.74, 6) is -0.401. The van der Waals surface area contributed by atoms with E-state index >= 15 is 0 Å². The molecule has 0 bridgehead atoms. The Labute approximate surface area is 427 Å². The number of unbranched alkanes of at least 4 members (excludes halogenated alkanes) is 2. The van der Waals surface area contributed by atoms with Crippen molar-refractivity contribution in [1.29, 1.82) is 0 Å². The number of aromatic nitrogens is 2. The molecule has 2 atom stereocenters. The number of anilines is 1. The van der Waals surface area contributed by atoms with Crippen LogP contribution in [0.2, 0.25) is 0 Å². The Morgan fingerprint density at radius 1 is 1.00 bits per heavy atom. The van der Waals surface area contributed by atoms with Gasteiger partial charge in [-0.05, 0) is 118 Å². The minimum absolute atomic E-state index is 0.0380. The molecule has 398 valence electrons. The summed E-state index contributed by atoms with van der Waals surface area (Å²) in [5.41, 5.74) is 12.8. The number of esters is 1. The van der Waals surface area contributed by atoms with Crippen molar-refractivity contribution in [2.24, 2.45) is 11.7 Å². The largest absolute Gasteiger partial charge is 0.458 e. The van der Waals surface area contributed by atoms with Crippen LogP contribution in [0.15, 0.2) is 47.3 Å². The third kappa shape index (κ3) is 16.6. The molecule has 2 unspecified atom stereocenters. The molecule has 4 aromatic rings. The molecule has 0 saturated heterocycles. The summed E-state index contributed by atoms with van der Waals surface area (Å²) >= 11 is 0. The highest BCUT2D eigenvalue weighted by molar-refractivity contribution is 5.95. The van der Waals surface area contributed by atoms with Gasteiger partial charge in [-0.1, -0.05) is 60.1 Å². The minimum Gasteiger partial charge on any atom is -0.458 e. The fourth-order valence-electron chi connectivity index (χ4n) is 8.05. The number of benzene rings is 2. The first kappa shape index (κ1) is 61.8. The van der Waals surface area contributed by atoms with Gasteiger partial charge in [-0.2, -0.15) is 0 Å². The molecule has 6 amide bonds. The zero-order chi connectivity index (χ0) is 55.1. The van der Waals surface area contributed by atoms with Crippen LogP contribution in [0.3, 0.4) is 0 Å². The molecule has 18 nitrogen and oxygen atoms in total. The number of carbonyl (C=O) groups is 7. The summed E-state index contributed by atoms with van der Waals surface area (Å²) in [4.78, 5) is 94.0. The van der Waals surface area contributed by atoms with Crippen LogP contribution in [0.5, 0.6) is 0 Å².